The Kier molecular flexibility index (Phi) is 11.9. The molecule has 3 atom stereocenters. The van der Waals surface area contributed by atoms with Crippen molar-refractivity contribution in [3.8, 4) is 11.5 Å². The van der Waals surface area contributed by atoms with Crippen LogP contribution in [0.5, 0.6) is 11.5 Å². The molecular formula is C40H38Cl2F3N3O7. The third-order valence-corrected chi connectivity index (χ3v) is 10.8. The first-order valence-electron chi connectivity index (χ1n) is 18.0. The summed E-state index contributed by atoms with van der Waals surface area (Å²) in [5.74, 6) is -1.69. The lowest BCUT2D eigenvalue weighted by molar-refractivity contribution is -0.605. The van der Waals surface area contributed by atoms with Gasteiger partial charge in [0.2, 0.25) is 0 Å². The molecule has 4 aliphatic rings. The molecule has 2 bridgehead atoms. The van der Waals surface area contributed by atoms with Gasteiger partial charge in [-0.3, -0.25) is 4.90 Å². The molecule has 55 heavy (non-hydrogen) atoms. The summed E-state index contributed by atoms with van der Waals surface area (Å²) < 4.78 is 64.8. The molecule has 8 rings (SSSR count). The van der Waals surface area contributed by atoms with Gasteiger partial charge in [-0.15, -0.1) is 0 Å². The quantitative estimate of drug-likeness (QED) is 0.0725. The molecule has 1 aliphatic carbocycles. The molecule has 1 aromatic heterocycles. The second-order valence-corrected chi connectivity index (χ2v) is 14.8. The van der Waals surface area contributed by atoms with Gasteiger partial charge in [0.1, 0.15) is 28.1 Å². The number of aromatic nitrogens is 1. The molecular weight excluding hydrogens is 762 g/mol. The van der Waals surface area contributed by atoms with Crippen molar-refractivity contribution >= 4 is 40.8 Å². The van der Waals surface area contributed by atoms with Gasteiger partial charge in [-0.1, -0.05) is 53.5 Å². The molecule has 0 radical (unpaired) electrons. The molecule has 10 nitrogen and oxygen atoms in total. The number of fused-ring (bicyclic) bond motifs is 3. The van der Waals surface area contributed by atoms with Crippen LogP contribution in [0.4, 0.5) is 18.9 Å². The Morgan fingerprint density at radius 1 is 0.945 bits per heavy atom. The highest BCUT2D eigenvalue weighted by Crippen LogP contribution is 2.38. The van der Waals surface area contributed by atoms with Gasteiger partial charge in [0.05, 0.1) is 12.2 Å². The van der Waals surface area contributed by atoms with Crippen molar-refractivity contribution in [1.29, 1.82) is 0 Å². The summed E-state index contributed by atoms with van der Waals surface area (Å²) in [6.45, 7) is -0.290. The van der Waals surface area contributed by atoms with Gasteiger partial charge in [-0.2, -0.15) is 13.5 Å². The number of piperidine rings is 3. The van der Waals surface area contributed by atoms with Crippen LogP contribution >= 0.6 is 23.2 Å². The highest BCUT2D eigenvalue weighted by molar-refractivity contribution is 6.35. The zero-order chi connectivity index (χ0) is 38.6. The molecule has 4 fully saturated rings. The van der Waals surface area contributed by atoms with Crippen LogP contribution in [0.25, 0.3) is 0 Å². The van der Waals surface area contributed by atoms with E-state index in [1.165, 1.54) is 48.5 Å². The average Bonchev–Trinajstić information content (AvgIpc) is 4.00. The molecule has 290 valence electrons. The first kappa shape index (κ1) is 38.6. The number of carbonyl (C=O) groups is 2. The molecule has 3 aliphatic heterocycles. The molecule has 0 spiro atoms. The van der Waals surface area contributed by atoms with E-state index in [-0.39, 0.29) is 57.7 Å². The number of pyridine rings is 1. The maximum Gasteiger partial charge on any atom is 0.387 e. The van der Waals surface area contributed by atoms with E-state index >= 15 is 4.39 Å². The van der Waals surface area contributed by atoms with E-state index in [0.717, 1.165) is 51.2 Å². The van der Waals surface area contributed by atoms with Crippen LogP contribution in [0.2, 0.25) is 10.0 Å². The lowest BCUT2D eigenvalue weighted by Crippen LogP contribution is -2.52. The Balaban J connectivity index is 1.15. The van der Waals surface area contributed by atoms with Gasteiger partial charge >= 0.3 is 18.6 Å². The van der Waals surface area contributed by atoms with Crippen LogP contribution in [0, 0.1) is 22.9 Å². The number of nitrogens with one attached hydrogen (secondary N) is 1. The van der Waals surface area contributed by atoms with Crippen LogP contribution in [-0.2, 0) is 20.7 Å². The van der Waals surface area contributed by atoms with Crippen molar-refractivity contribution < 1.29 is 46.4 Å². The van der Waals surface area contributed by atoms with Gasteiger partial charge in [0.15, 0.2) is 29.9 Å². The van der Waals surface area contributed by atoms with Crippen LogP contribution < -0.4 is 19.5 Å². The molecule has 1 N–H and O–H groups in total. The summed E-state index contributed by atoms with van der Waals surface area (Å²) in [6.07, 6.45) is 4.41. The molecule has 15 heteroatoms. The van der Waals surface area contributed by atoms with E-state index in [0.29, 0.717) is 34.0 Å². The molecule has 2 unspecified atom stereocenters. The SMILES string of the molecule is O=C(OC(Cc1c(Cl)c[n+]([O-])cc1Cl)c1ccc(OC(F)F)c(OCC2CC2)c1)c1cccc(NC(C(=O)O[C@H]2CN3CCC2CC3)c2ccccc2F)c1. The Hall–Kier alpha value is -4.72. The van der Waals surface area contributed by atoms with Crippen molar-refractivity contribution in [3.63, 3.8) is 0 Å². The second-order valence-electron chi connectivity index (χ2n) is 14.0. The summed E-state index contributed by atoms with van der Waals surface area (Å²) in [5.41, 5.74) is 1.10. The van der Waals surface area contributed by atoms with Crippen LogP contribution in [0.15, 0.2) is 79.1 Å². The molecule has 3 saturated heterocycles. The summed E-state index contributed by atoms with van der Waals surface area (Å²) in [6, 6.07) is 15.0. The van der Waals surface area contributed by atoms with Crippen molar-refractivity contribution in [2.24, 2.45) is 11.8 Å². The Bertz CT molecular complexity index is 2010. The fourth-order valence-corrected chi connectivity index (χ4v) is 7.59. The molecule has 4 heterocycles. The minimum Gasteiger partial charge on any atom is -0.619 e. The highest BCUT2D eigenvalue weighted by Gasteiger charge is 2.38. The number of nitrogens with zero attached hydrogens (tertiary/aromatic N) is 2. The number of rotatable bonds is 15. The summed E-state index contributed by atoms with van der Waals surface area (Å²) >= 11 is 12.8. The number of hydrogen-bond donors (Lipinski definition) is 1. The number of anilines is 1. The summed E-state index contributed by atoms with van der Waals surface area (Å²) in [7, 11) is 0. The number of alkyl halides is 2. The van der Waals surface area contributed by atoms with Crippen LogP contribution in [-0.4, -0.2) is 55.8 Å². The van der Waals surface area contributed by atoms with Gasteiger partial charge in [-0.25, -0.2) is 14.0 Å². The van der Waals surface area contributed by atoms with Gasteiger partial charge in [-0.05, 0) is 92.6 Å². The van der Waals surface area contributed by atoms with Crippen molar-refractivity contribution in [2.45, 2.75) is 57.0 Å². The summed E-state index contributed by atoms with van der Waals surface area (Å²) in [4.78, 5) is 29.9. The number of esters is 2. The van der Waals surface area contributed by atoms with Gasteiger partial charge in [0, 0.05) is 29.8 Å². The average molecular weight is 801 g/mol. The van der Waals surface area contributed by atoms with Crippen molar-refractivity contribution in [2.75, 3.05) is 31.6 Å². The van der Waals surface area contributed by atoms with Gasteiger partial charge in [0.25, 0.3) is 0 Å². The topological polar surface area (TPSA) is 113 Å². The zero-order valence-corrected chi connectivity index (χ0v) is 31.0. The number of halogens is 5. The van der Waals surface area contributed by atoms with E-state index in [2.05, 4.69) is 10.2 Å². The number of benzene rings is 3. The minimum absolute atomic E-state index is 0.0157. The lowest BCUT2D eigenvalue weighted by Gasteiger charge is -2.44. The molecule has 1 saturated carbocycles. The van der Waals surface area contributed by atoms with Crippen LogP contribution in [0.3, 0.4) is 0 Å². The maximum absolute atomic E-state index is 15.2. The fraction of sp³-hybridized carbons (Fsp3) is 0.375. The number of carbonyl (C=O) groups excluding carboxylic acids is 2. The smallest absolute Gasteiger partial charge is 0.387 e. The van der Waals surface area contributed by atoms with Gasteiger partial charge < -0.3 is 29.5 Å². The van der Waals surface area contributed by atoms with Crippen LogP contribution in [0.1, 0.15) is 64.9 Å². The second kappa shape index (κ2) is 17.0. The van der Waals surface area contributed by atoms with E-state index in [4.69, 9.17) is 42.1 Å². The van der Waals surface area contributed by atoms with Crippen molar-refractivity contribution in [3.05, 3.63) is 122 Å². The predicted molar refractivity (Wildman–Crippen MR) is 197 cm³/mol. The third-order valence-electron chi connectivity index (χ3n) is 10.1. The first-order chi connectivity index (χ1) is 26.5. The maximum atomic E-state index is 15.2. The summed E-state index contributed by atoms with van der Waals surface area (Å²) in [5, 5.41) is 15.1. The zero-order valence-electron chi connectivity index (χ0n) is 29.5. The monoisotopic (exact) mass is 799 g/mol. The van der Waals surface area contributed by atoms with E-state index in [1.807, 2.05) is 0 Å². The van der Waals surface area contributed by atoms with E-state index in [9.17, 15) is 23.6 Å². The highest BCUT2D eigenvalue weighted by atomic mass is 35.5. The lowest BCUT2D eigenvalue weighted by atomic mass is 9.86. The molecule has 0 amide bonds. The van der Waals surface area contributed by atoms with Crippen molar-refractivity contribution in [1.82, 2.24) is 4.90 Å². The van der Waals surface area contributed by atoms with E-state index in [1.54, 1.807) is 18.2 Å². The molecule has 3 aromatic carbocycles. The standard InChI is InChI=1S/C40H38Cl2F3N3O7/c41-30-19-48(51)20-31(42)29(30)18-34(25-10-11-33(55-40(44)45)35(17-25)52-22-23-8-9-23)53-38(49)26-4-3-5-27(16-26)46-37(28-6-1-2-7-32(28)43)39(50)54-36-21-47-14-12-24(36)13-15-47/h1-7,10-11,16-17,19-20,23-24,34,36-37,40,46H,8-9,12-15,18,21-22H2/t34?,36-,37?/m0/s1. The Morgan fingerprint density at radius 2 is 1.69 bits per heavy atom. The normalized spacial score (nSPS) is 20.1. The Morgan fingerprint density at radius 3 is 2.36 bits per heavy atom. The largest absolute Gasteiger partial charge is 0.619 e. The first-order valence-corrected chi connectivity index (χ1v) is 18.8. The fourth-order valence-electron chi connectivity index (χ4n) is 7.00. The Labute approximate surface area is 325 Å². The van der Waals surface area contributed by atoms with E-state index < -0.39 is 36.5 Å². The third kappa shape index (κ3) is 9.57. The number of ether oxygens (including phenoxy) is 4. The molecule has 4 aromatic rings. The number of hydrogen-bond acceptors (Lipinski definition) is 9. The predicted octanol–water partition coefficient (Wildman–Crippen LogP) is 8.09. The minimum atomic E-state index is -3.11.